The van der Waals surface area contributed by atoms with Gasteiger partial charge in [-0.25, -0.2) is 13.1 Å². The molecule has 0 spiro atoms. The highest BCUT2D eigenvalue weighted by Crippen LogP contribution is 2.28. The molecule has 1 aromatic heterocycles. The lowest BCUT2D eigenvalue weighted by atomic mass is 9.99. The largest absolute Gasteiger partial charge is 0.343 e. The standard InChI is InChI=1S/C22H29N3O3S2/c1-17-3-2-4-20(15-17)30(27,28)23-10-5-22(26)24-11-6-19(7-12-24)25-13-8-21-18(16-25)9-14-29-21/h2-4,9,14-15,19,23H,5-8,10-13,16H2,1H3. The van der Waals surface area contributed by atoms with E-state index < -0.39 is 10.0 Å². The number of rotatable bonds is 6. The Labute approximate surface area is 182 Å². The molecule has 0 atom stereocenters. The van der Waals surface area contributed by atoms with Crippen LogP contribution in [-0.4, -0.2) is 56.3 Å². The molecule has 1 aromatic carbocycles. The van der Waals surface area contributed by atoms with Gasteiger partial charge in [0.2, 0.25) is 15.9 Å². The summed E-state index contributed by atoms with van der Waals surface area (Å²) in [5, 5.41) is 2.18. The molecule has 162 valence electrons. The van der Waals surface area contributed by atoms with Crippen LogP contribution >= 0.6 is 11.3 Å². The molecule has 1 fully saturated rings. The number of nitrogens with zero attached hydrogens (tertiary/aromatic N) is 2. The van der Waals surface area contributed by atoms with Crippen LogP contribution in [0, 0.1) is 6.92 Å². The molecule has 0 unspecified atom stereocenters. The van der Waals surface area contributed by atoms with Crippen molar-refractivity contribution in [2.45, 2.75) is 50.1 Å². The first-order valence-electron chi connectivity index (χ1n) is 10.6. The van der Waals surface area contributed by atoms with Crippen LogP contribution in [0.1, 0.15) is 35.3 Å². The number of aryl methyl sites for hydroxylation is 1. The Morgan fingerprint density at radius 3 is 2.77 bits per heavy atom. The fourth-order valence-corrected chi connectivity index (χ4v) is 6.40. The first-order chi connectivity index (χ1) is 14.4. The van der Waals surface area contributed by atoms with Crippen LogP contribution in [0.25, 0.3) is 0 Å². The van der Waals surface area contributed by atoms with Crippen LogP contribution in [0.15, 0.2) is 40.6 Å². The summed E-state index contributed by atoms with van der Waals surface area (Å²) in [5.41, 5.74) is 2.35. The molecule has 30 heavy (non-hydrogen) atoms. The molecule has 0 bridgehead atoms. The van der Waals surface area contributed by atoms with Crippen LogP contribution < -0.4 is 4.72 Å². The SMILES string of the molecule is Cc1cccc(S(=O)(=O)NCCC(=O)N2CCC(N3CCc4sccc4C3)CC2)c1. The fraction of sp³-hybridized carbons (Fsp3) is 0.500. The number of amides is 1. The summed E-state index contributed by atoms with van der Waals surface area (Å²) in [5.74, 6) is 0.0270. The van der Waals surface area contributed by atoms with Crippen LogP contribution in [0.5, 0.6) is 0 Å². The first kappa shape index (κ1) is 21.5. The quantitative estimate of drug-likeness (QED) is 0.739. The van der Waals surface area contributed by atoms with Gasteiger partial charge in [-0.3, -0.25) is 9.69 Å². The zero-order chi connectivity index (χ0) is 21.1. The Bertz CT molecular complexity index is 995. The number of piperidine rings is 1. The second-order valence-corrected chi connectivity index (χ2v) is 10.9. The minimum atomic E-state index is -3.58. The number of hydrogen-bond donors (Lipinski definition) is 1. The highest BCUT2D eigenvalue weighted by molar-refractivity contribution is 7.89. The zero-order valence-corrected chi connectivity index (χ0v) is 19.0. The summed E-state index contributed by atoms with van der Waals surface area (Å²) >= 11 is 1.86. The van der Waals surface area contributed by atoms with Gasteiger partial charge in [-0.2, -0.15) is 0 Å². The van der Waals surface area contributed by atoms with Crippen molar-refractivity contribution in [3.05, 3.63) is 51.7 Å². The number of hydrogen-bond acceptors (Lipinski definition) is 5. The van der Waals surface area contributed by atoms with Crippen molar-refractivity contribution in [2.24, 2.45) is 0 Å². The van der Waals surface area contributed by atoms with Crippen molar-refractivity contribution in [1.82, 2.24) is 14.5 Å². The Balaban J connectivity index is 1.22. The minimum absolute atomic E-state index is 0.0270. The highest BCUT2D eigenvalue weighted by Gasteiger charge is 2.29. The van der Waals surface area contributed by atoms with Gasteiger partial charge in [-0.15, -0.1) is 11.3 Å². The third-order valence-corrected chi connectivity index (χ3v) is 8.58. The minimum Gasteiger partial charge on any atom is -0.343 e. The fourth-order valence-electron chi connectivity index (χ4n) is 4.38. The number of thiophene rings is 1. The van der Waals surface area contributed by atoms with E-state index in [4.69, 9.17) is 0 Å². The normalized spacial score (nSPS) is 18.4. The molecule has 1 N–H and O–H groups in total. The number of fused-ring (bicyclic) bond motifs is 1. The number of carbonyl (C=O) groups excluding carboxylic acids is 1. The number of carbonyl (C=O) groups is 1. The van der Waals surface area contributed by atoms with E-state index in [1.807, 2.05) is 29.2 Å². The summed E-state index contributed by atoms with van der Waals surface area (Å²) in [6.45, 7) is 5.62. The Kier molecular flexibility index (Phi) is 6.57. The van der Waals surface area contributed by atoms with E-state index in [-0.39, 0.29) is 23.8 Å². The van der Waals surface area contributed by atoms with Gasteiger partial charge in [-0.05, 0) is 60.9 Å². The molecule has 0 aliphatic carbocycles. The summed E-state index contributed by atoms with van der Waals surface area (Å²) in [7, 11) is -3.58. The Morgan fingerprint density at radius 1 is 1.20 bits per heavy atom. The number of sulfonamides is 1. The lowest BCUT2D eigenvalue weighted by Gasteiger charge is -2.40. The summed E-state index contributed by atoms with van der Waals surface area (Å²) in [4.78, 5) is 18.8. The summed E-state index contributed by atoms with van der Waals surface area (Å²) < 4.78 is 27.3. The smallest absolute Gasteiger partial charge is 0.240 e. The van der Waals surface area contributed by atoms with E-state index in [2.05, 4.69) is 21.1 Å². The van der Waals surface area contributed by atoms with Crippen molar-refractivity contribution >= 4 is 27.3 Å². The lowest BCUT2D eigenvalue weighted by molar-refractivity contribution is -0.132. The number of likely N-dealkylation sites (tertiary alicyclic amines) is 1. The lowest BCUT2D eigenvalue weighted by Crippen LogP contribution is -2.48. The molecule has 2 aromatic rings. The van der Waals surface area contributed by atoms with Crippen molar-refractivity contribution in [3.8, 4) is 0 Å². The second-order valence-electron chi connectivity index (χ2n) is 8.17. The molecule has 0 radical (unpaired) electrons. The van der Waals surface area contributed by atoms with Crippen LogP contribution in [0.2, 0.25) is 0 Å². The Morgan fingerprint density at radius 2 is 2.00 bits per heavy atom. The number of nitrogens with one attached hydrogen (secondary N) is 1. The zero-order valence-electron chi connectivity index (χ0n) is 17.3. The molecule has 1 amide bonds. The molecule has 6 nitrogen and oxygen atoms in total. The molecule has 4 rings (SSSR count). The van der Waals surface area contributed by atoms with Gasteiger partial charge in [-0.1, -0.05) is 12.1 Å². The summed E-state index contributed by atoms with van der Waals surface area (Å²) in [6, 6.07) is 9.55. The van der Waals surface area contributed by atoms with Gasteiger partial charge in [0.05, 0.1) is 4.90 Å². The van der Waals surface area contributed by atoms with E-state index in [1.54, 1.807) is 18.2 Å². The molecule has 1 saturated heterocycles. The highest BCUT2D eigenvalue weighted by atomic mass is 32.2. The molecule has 2 aliphatic heterocycles. The van der Waals surface area contributed by atoms with E-state index >= 15 is 0 Å². The molecule has 2 aliphatic rings. The third-order valence-electron chi connectivity index (χ3n) is 6.10. The average molecular weight is 448 g/mol. The van der Waals surface area contributed by atoms with Crippen molar-refractivity contribution < 1.29 is 13.2 Å². The van der Waals surface area contributed by atoms with Crippen LogP contribution in [0.4, 0.5) is 0 Å². The van der Waals surface area contributed by atoms with Gasteiger partial charge < -0.3 is 4.90 Å². The first-order valence-corrected chi connectivity index (χ1v) is 12.9. The summed E-state index contributed by atoms with van der Waals surface area (Å²) in [6.07, 6.45) is 3.30. The average Bonchev–Trinajstić information content (AvgIpc) is 3.21. The Hall–Kier alpha value is -1.74. The second kappa shape index (κ2) is 9.18. The maximum absolute atomic E-state index is 12.6. The topological polar surface area (TPSA) is 69.7 Å². The van der Waals surface area contributed by atoms with Crippen molar-refractivity contribution in [3.63, 3.8) is 0 Å². The predicted octanol–water partition coefficient (Wildman–Crippen LogP) is 2.77. The molecular weight excluding hydrogens is 418 g/mol. The van der Waals surface area contributed by atoms with E-state index in [0.717, 1.165) is 51.0 Å². The van der Waals surface area contributed by atoms with Gasteiger partial charge in [0.15, 0.2) is 0 Å². The molecule has 3 heterocycles. The third kappa shape index (κ3) is 4.94. The van der Waals surface area contributed by atoms with Crippen molar-refractivity contribution in [1.29, 1.82) is 0 Å². The maximum atomic E-state index is 12.6. The molecule has 8 heteroatoms. The van der Waals surface area contributed by atoms with Gasteiger partial charge in [0.1, 0.15) is 0 Å². The number of benzene rings is 1. The van der Waals surface area contributed by atoms with Gasteiger partial charge >= 0.3 is 0 Å². The molecular formula is C22H29N3O3S2. The van der Waals surface area contributed by atoms with Gasteiger partial charge in [0.25, 0.3) is 0 Å². The monoisotopic (exact) mass is 447 g/mol. The van der Waals surface area contributed by atoms with Gasteiger partial charge in [0, 0.05) is 50.1 Å². The van der Waals surface area contributed by atoms with Crippen LogP contribution in [0.3, 0.4) is 0 Å². The molecule has 0 saturated carbocycles. The van der Waals surface area contributed by atoms with Crippen LogP contribution in [-0.2, 0) is 27.8 Å². The maximum Gasteiger partial charge on any atom is 0.240 e. The predicted molar refractivity (Wildman–Crippen MR) is 119 cm³/mol. The van der Waals surface area contributed by atoms with E-state index in [1.165, 1.54) is 10.4 Å². The van der Waals surface area contributed by atoms with E-state index in [9.17, 15) is 13.2 Å². The van der Waals surface area contributed by atoms with E-state index in [0.29, 0.717) is 6.04 Å². The van der Waals surface area contributed by atoms with Crippen molar-refractivity contribution in [2.75, 3.05) is 26.2 Å².